The third kappa shape index (κ3) is 2.70. The van der Waals surface area contributed by atoms with Crippen molar-refractivity contribution < 1.29 is 4.39 Å². The van der Waals surface area contributed by atoms with Crippen LogP contribution in [0.1, 0.15) is 41.5 Å². The number of hydrogen-bond acceptors (Lipinski definition) is 3. The molecule has 20 heavy (non-hydrogen) atoms. The second kappa shape index (κ2) is 5.67. The fourth-order valence-electron chi connectivity index (χ4n) is 2.76. The SMILES string of the molecule is CNC1CCCc2nc(Cc3ccc(F)cc3)ncc21. The van der Waals surface area contributed by atoms with Crippen LogP contribution in [0.2, 0.25) is 0 Å². The van der Waals surface area contributed by atoms with Crippen molar-refractivity contribution in [3.05, 3.63) is 58.9 Å². The van der Waals surface area contributed by atoms with Gasteiger partial charge in [0.15, 0.2) is 0 Å². The summed E-state index contributed by atoms with van der Waals surface area (Å²) in [7, 11) is 1.98. The van der Waals surface area contributed by atoms with Crippen LogP contribution in [0.15, 0.2) is 30.5 Å². The molecular weight excluding hydrogens is 253 g/mol. The fraction of sp³-hybridized carbons (Fsp3) is 0.375. The number of benzene rings is 1. The number of nitrogens with zero attached hydrogens (tertiary/aromatic N) is 2. The highest BCUT2D eigenvalue weighted by atomic mass is 19.1. The van der Waals surface area contributed by atoms with Gasteiger partial charge < -0.3 is 5.32 Å². The molecular formula is C16H18FN3. The first-order chi connectivity index (χ1) is 9.76. The van der Waals surface area contributed by atoms with Gasteiger partial charge in [0.05, 0.1) is 0 Å². The molecule has 0 aliphatic heterocycles. The lowest BCUT2D eigenvalue weighted by Gasteiger charge is -2.24. The molecule has 0 amide bonds. The molecule has 0 radical (unpaired) electrons. The third-order valence-corrected chi connectivity index (χ3v) is 3.86. The molecule has 4 heteroatoms. The van der Waals surface area contributed by atoms with Crippen LogP contribution in [0.25, 0.3) is 0 Å². The monoisotopic (exact) mass is 271 g/mol. The van der Waals surface area contributed by atoms with Crippen molar-refractivity contribution in [2.75, 3.05) is 7.05 Å². The van der Waals surface area contributed by atoms with Crippen LogP contribution in [0.3, 0.4) is 0 Å². The summed E-state index contributed by atoms with van der Waals surface area (Å²) in [6.07, 6.45) is 5.92. The quantitative estimate of drug-likeness (QED) is 0.932. The lowest BCUT2D eigenvalue weighted by Crippen LogP contribution is -2.23. The van der Waals surface area contributed by atoms with Crippen molar-refractivity contribution in [3.8, 4) is 0 Å². The summed E-state index contributed by atoms with van der Waals surface area (Å²) in [4.78, 5) is 9.15. The molecule has 3 nitrogen and oxygen atoms in total. The maximum Gasteiger partial charge on any atom is 0.132 e. The summed E-state index contributed by atoms with van der Waals surface area (Å²) in [6, 6.07) is 6.90. The van der Waals surface area contributed by atoms with E-state index in [4.69, 9.17) is 0 Å². The van der Waals surface area contributed by atoms with Crippen LogP contribution in [-0.4, -0.2) is 17.0 Å². The Morgan fingerprint density at radius 3 is 2.85 bits per heavy atom. The van der Waals surface area contributed by atoms with E-state index in [9.17, 15) is 4.39 Å². The topological polar surface area (TPSA) is 37.8 Å². The van der Waals surface area contributed by atoms with Crippen molar-refractivity contribution in [2.24, 2.45) is 0 Å². The van der Waals surface area contributed by atoms with E-state index in [1.807, 2.05) is 13.2 Å². The number of nitrogens with one attached hydrogen (secondary N) is 1. The van der Waals surface area contributed by atoms with Crippen LogP contribution >= 0.6 is 0 Å². The minimum absolute atomic E-state index is 0.211. The number of hydrogen-bond donors (Lipinski definition) is 1. The second-order valence-electron chi connectivity index (χ2n) is 5.22. The Morgan fingerprint density at radius 2 is 2.10 bits per heavy atom. The highest BCUT2D eigenvalue weighted by Crippen LogP contribution is 2.27. The van der Waals surface area contributed by atoms with E-state index in [0.29, 0.717) is 12.5 Å². The van der Waals surface area contributed by atoms with Crippen molar-refractivity contribution >= 4 is 0 Å². The Balaban J connectivity index is 1.83. The third-order valence-electron chi connectivity index (χ3n) is 3.86. The number of aromatic nitrogens is 2. The van der Waals surface area contributed by atoms with E-state index in [0.717, 1.165) is 36.3 Å². The second-order valence-corrected chi connectivity index (χ2v) is 5.22. The van der Waals surface area contributed by atoms with Crippen molar-refractivity contribution in [3.63, 3.8) is 0 Å². The highest BCUT2D eigenvalue weighted by Gasteiger charge is 2.20. The van der Waals surface area contributed by atoms with Crippen LogP contribution in [0, 0.1) is 5.82 Å². The molecule has 1 N–H and O–H groups in total. The summed E-state index contributed by atoms with van der Waals surface area (Å²) in [6.45, 7) is 0. The zero-order valence-electron chi connectivity index (χ0n) is 11.6. The Hall–Kier alpha value is -1.81. The Labute approximate surface area is 118 Å². The summed E-state index contributed by atoms with van der Waals surface area (Å²) in [5.41, 5.74) is 3.41. The Bertz CT molecular complexity index is 595. The minimum Gasteiger partial charge on any atom is -0.313 e. The molecule has 1 heterocycles. The minimum atomic E-state index is -0.211. The Morgan fingerprint density at radius 1 is 1.30 bits per heavy atom. The van der Waals surface area contributed by atoms with Crippen molar-refractivity contribution in [1.29, 1.82) is 0 Å². The average molecular weight is 271 g/mol. The van der Waals surface area contributed by atoms with E-state index in [-0.39, 0.29) is 5.82 Å². The molecule has 1 unspecified atom stereocenters. The average Bonchev–Trinajstić information content (AvgIpc) is 2.49. The lowest BCUT2D eigenvalue weighted by atomic mass is 9.92. The van der Waals surface area contributed by atoms with E-state index >= 15 is 0 Å². The number of halogens is 1. The fourth-order valence-corrected chi connectivity index (χ4v) is 2.76. The molecule has 1 aliphatic rings. The predicted octanol–water partition coefficient (Wildman–Crippen LogP) is 2.80. The summed E-state index contributed by atoms with van der Waals surface area (Å²) in [5, 5.41) is 3.31. The van der Waals surface area contributed by atoms with Crippen molar-refractivity contribution in [2.45, 2.75) is 31.7 Å². The molecule has 2 aromatic rings. The van der Waals surface area contributed by atoms with Crippen LogP contribution in [0.4, 0.5) is 4.39 Å². The normalized spacial score (nSPS) is 17.8. The molecule has 3 rings (SSSR count). The van der Waals surface area contributed by atoms with Crippen LogP contribution in [-0.2, 0) is 12.8 Å². The number of rotatable bonds is 3. The van der Waals surface area contributed by atoms with Gasteiger partial charge >= 0.3 is 0 Å². The molecule has 0 saturated carbocycles. The van der Waals surface area contributed by atoms with Gasteiger partial charge in [-0.1, -0.05) is 12.1 Å². The van der Waals surface area contributed by atoms with E-state index in [1.165, 1.54) is 17.7 Å². The number of fused-ring (bicyclic) bond motifs is 1. The van der Waals surface area contributed by atoms with E-state index in [1.54, 1.807) is 12.1 Å². The van der Waals surface area contributed by atoms with Gasteiger partial charge in [-0.2, -0.15) is 0 Å². The molecule has 1 aliphatic carbocycles. The first-order valence-electron chi connectivity index (χ1n) is 7.02. The van der Waals surface area contributed by atoms with Gasteiger partial charge in [0.2, 0.25) is 0 Å². The standard InChI is InChI=1S/C16H18FN3/c1-18-14-3-2-4-15-13(14)10-19-16(20-15)9-11-5-7-12(17)8-6-11/h5-8,10,14,18H,2-4,9H2,1H3. The summed E-state index contributed by atoms with van der Waals surface area (Å²) >= 11 is 0. The van der Waals surface area contributed by atoms with Gasteiger partial charge in [0, 0.05) is 29.9 Å². The molecule has 0 fully saturated rings. The molecule has 0 spiro atoms. The lowest BCUT2D eigenvalue weighted by molar-refractivity contribution is 0.485. The van der Waals surface area contributed by atoms with Gasteiger partial charge in [-0.3, -0.25) is 0 Å². The largest absolute Gasteiger partial charge is 0.313 e. The molecule has 104 valence electrons. The summed E-state index contributed by atoms with van der Waals surface area (Å²) < 4.78 is 12.9. The molecule has 1 aromatic carbocycles. The highest BCUT2D eigenvalue weighted by molar-refractivity contribution is 5.26. The maximum atomic E-state index is 12.9. The van der Waals surface area contributed by atoms with Crippen LogP contribution < -0.4 is 5.32 Å². The molecule has 0 saturated heterocycles. The van der Waals surface area contributed by atoms with Gasteiger partial charge in [0.25, 0.3) is 0 Å². The first kappa shape index (κ1) is 13.2. The van der Waals surface area contributed by atoms with Crippen LogP contribution in [0.5, 0.6) is 0 Å². The van der Waals surface area contributed by atoms with Gasteiger partial charge in [-0.05, 0) is 44.0 Å². The van der Waals surface area contributed by atoms with E-state index < -0.39 is 0 Å². The Kier molecular flexibility index (Phi) is 3.74. The zero-order chi connectivity index (χ0) is 13.9. The molecule has 1 aromatic heterocycles. The molecule has 0 bridgehead atoms. The van der Waals surface area contributed by atoms with Gasteiger partial charge in [-0.15, -0.1) is 0 Å². The zero-order valence-corrected chi connectivity index (χ0v) is 11.6. The van der Waals surface area contributed by atoms with Gasteiger partial charge in [0.1, 0.15) is 11.6 Å². The molecule has 1 atom stereocenters. The first-order valence-corrected chi connectivity index (χ1v) is 7.02. The summed E-state index contributed by atoms with van der Waals surface area (Å²) in [5.74, 6) is 0.601. The maximum absolute atomic E-state index is 12.9. The van der Waals surface area contributed by atoms with E-state index in [2.05, 4.69) is 15.3 Å². The number of aryl methyl sites for hydroxylation is 1. The van der Waals surface area contributed by atoms with Crippen molar-refractivity contribution in [1.82, 2.24) is 15.3 Å². The van der Waals surface area contributed by atoms with Gasteiger partial charge in [-0.25, -0.2) is 14.4 Å². The smallest absolute Gasteiger partial charge is 0.132 e. The predicted molar refractivity (Wildman–Crippen MR) is 76.0 cm³/mol.